The molecule has 0 saturated heterocycles. The van der Waals surface area contributed by atoms with Gasteiger partial charge in [-0.2, -0.15) is 0 Å². The van der Waals surface area contributed by atoms with Crippen molar-refractivity contribution in [3.63, 3.8) is 0 Å². The number of hydrogen-bond donors (Lipinski definition) is 0. The molecular formula is C53H52N2. The second kappa shape index (κ2) is 16.6. The maximum absolute atomic E-state index is 4.67. The van der Waals surface area contributed by atoms with E-state index in [1.807, 2.05) is 44.4 Å². The predicted molar refractivity (Wildman–Crippen MR) is 236 cm³/mol. The van der Waals surface area contributed by atoms with Gasteiger partial charge in [0.2, 0.25) is 0 Å². The van der Waals surface area contributed by atoms with Crippen LogP contribution in [0.15, 0.2) is 187 Å². The van der Waals surface area contributed by atoms with Crippen molar-refractivity contribution in [1.29, 1.82) is 0 Å². The van der Waals surface area contributed by atoms with Crippen LogP contribution in [-0.2, 0) is 11.8 Å². The molecule has 2 aliphatic carbocycles. The molecule has 3 aliphatic rings. The lowest BCUT2D eigenvalue weighted by atomic mass is 9.74. The van der Waals surface area contributed by atoms with Crippen molar-refractivity contribution < 1.29 is 0 Å². The van der Waals surface area contributed by atoms with Gasteiger partial charge in [0.25, 0.3) is 0 Å². The highest BCUT2D eigenvalue weighted by molar-refractivity contribution is 6.09. The molecule has 4 atom stereocenters. The second-order valence-corrected chi connectivity index (χ2v) is 15.1. The average Bonchev–Trinajstić information content (AvgIpc) is 3.67. The summed E-state index contributed by atoms with van der Waals surface area (Å²) in [6.07, 6.45) is 27.7. The number of fused-ring (bicyclic) bond motifs is 5. The minimum atomic E-state index is 0.0122. The molecule has 3 unspecified atom stereocenters. The fourth-order valence-corrected chi connectivity index (χ4v) is 9.12. The van der Waals surface area contributed by atoms with Gasteiger partial charge in [0.1, 0.15) is 0 Å². The normalized spacial score (nSPS) is 20.5. The number of allylic oxidation sites excluding steroid dienone is 9. The summed E-state index contributed by atoms with van der Waals surface area (Å²) in [5.41, 5.74) is 20.3. The largest absolute Gasteiger partial charge is 0.333 e. The van der Waals surface area contributed by atoms with Crippen LogP contribution in [-0.4, -0.2) is 18.8 Å². The molecule has 4 aromatic carbocycles. The highest BCUT2D eigenvalue weighted by Gasteiger charge is 2.50. The van der Waals surface area contributed by atoms with Crippen LogP contribution in [0, 0.1) is 5.92 Å². The molecule has 0 amide bonds. The van der Waals surface area contributed by atoms with Crippen molar-refractivity contribution in [1.82, 2.24) is 0 Å². The zero-order valence-corrected chi connectivity index (χ0v) is 32.9. The summed E-state index contributed by atoms with van der Waals surface area (Å²) >= 11 is 0. The van der Waals surface area contributed by atoms with E-state index in [0.717, 1.165) is 40.8 Å². The molecule has 0 saturated carbocycles. The molecule has 0 N–H and O–H groups in total. The van der Waals surface area contributed by atoms with Crippen molar-refractivity contribution in [3.05, 3.63) is 221 Å². The zero-order chi connectivity index (χ0) is 38.4. The van der Waals surface area contributed by atoms with Crippen LogP contribution in [0.1, 0.15) is 84.9 Å². The smallest absolute Gasteiger partial charge is 0.0720 e. The van der Waals surface area contributed by atoms with Gasteiger partial charge < -0.3 is 4.90 Å². The van der Waals surface area contributed by atoms with Crippen LogP contribution in [0.25, 0.3) is 5.57 Å². The van der Waals surface area contributed by atoms with Gasteiger partial charge in [0, 0.05) is 47.5 Å². The van der Waals surface area contributed by atoms with Crippen molar-refractivity contribution in [2.45, 2.75) is 63.8 Å². The first kappa shape index (κ1) is 37.4. The molecule has 0 spiro atoms. The van der Waals surface area contributed by atoms with Gasteiger partial charge in [-0.05, 0) is 82.3 Å². The Bertz CT molecular complexity index is 2310. The Labute approximate surface area is 329 Å². The Kier molecular flexibility index (Phi) is 11.3. The van der Waals surface area contributed by atoms with Crippen LogP contribution in [0.3, 0.4) is 0 Å². The van der Waals surface area contributed by atoms with E-state index in [9.17, 15) is 0 Å². The molecule has 1 heterocycles. The molecule has 55 heavy (non-hydrogen) atoms. The fourth-order valence-electron chi connectivity index (χ4n) is 9.12. The Balaban J connectivity index is 1.26. The van der Waals surface area contributed by atoms with E-state index >= 15 is 0 Å². The lowest BCUT2D eigenvalue weighted by Gasteiger charge is -2.34. The predicted octanol–water partition coefficient (Wildman–Crippen LogP) is 13.1. The molecule has 274 valence electrons. The highest BCUT2D eigenvalue weighted by atomic mass is 15.2. The van der Waals surface area contributed by atoms with E-state index in [1.54, 1.807) is 0 Å². The maximum Gasteiger partial charge on any atom is 0.0720 e. The monoisotopic (exact) mass is 716 g/mol. The third kappa shape index (κ3) is 7.33. The summed E-state index contributed by atoms with van der Waals surface area (Å²) in [7, 11) is 1.85. The molecular weight excluding hydrogens is 665 g/mol. The molecule has 0 fully saturated rings. The second-order valence-electron chi connectivity index (χ2n) is 15.1. The van der Waals surface area contributed by atoms with Crippen molar-refractivity contribution in [2.75, 3.05) is 11.9 Å². The molecule has 0 bridgehead atoms. The van der Waals surface area contributed by atoms with Crippen LogP contribution >= 0.6 is 0 Å². The maximum atomic E-state index is 4.67. The number of aliphatic imine (C=N–C) groups is 1. The topological polar surface area (TPSA) is 15.6 Å². The zero-order valence-electron chi connectivity index (χ0n) is 32.9. The standard InChI is InChI=1S/C53H52N2/c1-7-10-12-13-15-20-38-26-28-41(29-27-38)49(54-6)37-36-43(39-21-16-14-17-22-39)40-30-32-42(33-31-40)55-50-25-19-18-24-45(50)47-35-34-46-44(23-11-8-2)48(9-3)53(4,5)51(46)52(47)55/h7-8,11-19,21-35,37,44-45,48,50H,2,9,20H2,1,3-6H3/b15-13-,23-11-,54-49?/t10?,36?,44-,45?,48?,50?/m0/s1. The lowest BCUT2D eigenvalue weighted by molar-refractivity contribution is 0.318. The minimum Gasteiger partial charge on any atom is -0.333 e. The number of rotatable bonds is 11. The number of anilines is 2. The first-order valence-electron chi connectivity index (χ1n) is 19.7. The van der Waals surface area contributed by atoms with Crippen LogP contribution in [0.2, 0.25) is 0 Å². The van der Waals surface area contributed by atoms with Crippen LogP contribution < -0.4 is 4.90 Å². The number of nitrogens with zero attached hydrogens (tertiary/aromatic N) is 2. The summed E-state index contributed by atoms with van der Waals surface area (Å²) in [4.78, 5) is 7.29. The lowest BCUT2D eigenvalue weighted by Crippen LogP contribution is -2.31. The Morgan fingerprint density at radius 2 is 1.56 bits per heavy atom. The molecule has 0 aromatic heterocycles. The van der Waals surface area contributed by atoms with Gasteiger partial charge in [-0.1, -0.05) is 167 Å². The van der Waals surface area contributed by atoms with Gasteiger partial charge in [-0.3, -0.25) is 4.99 Å². The fraction of sp³-hybridized carbons (Fsp3) is 0.226. The molecule has 2 heteroatoms. The van der Waals surface area contributed by atoms with E-state index in [0.29, 0.717) is 17.8 Å². The third-order valence-electron chi connectivity index (χ3n) is 11.7. The summed E-state index contributed by atoms with van der Waals surface area (Å²) < 4.78 is 0. The Hall–Kier alpha value is -5.91. The average molecular weight is 717 g/mol. The van der Waals surface area contributed by atoms with Gasteiger partial charge >= 0.3 is 0 Å². The van der Waals surface area contributed by atoms with Crippen molar-refractivity contribution in [2.24, 2.45) is 10.9 Å². The van der Waals surface area contributed by atoms with E-state index in [1.165, 1.54) is 33.6 Å². The van der Waals surface area contributed by atoms with Crippen molar-refractivity contribution >= 4 is 22.7 Å². The van der Waals surface area contributed by atoms with Gasteiger partial charge in [0.05, 0.1) is 11.8 Å². The van der Waals surface area contributed by atoms with E-state index in [4.69, 9.17) is 0 Å². The summed E-state index contributed by atoms with van der Waals surface area (Å²) in [6, 6.07) is 33.4. The highest BCUT2D eigenvalue weighted by Crippen LogP contribution is 2.60. The quantitative estimate of drug-likeness (QED) is 0.0857. The van der Waals surface area contributed by atoms with E-state index in [2.05, 4.69) is 182 Å². The van der Waals surface area contributed by atoms with Gasteiger partial charge in [-0.15, -0.1) is 11.5 Å². The SMILES string of the molecule is C=C/C=C\[C@H]1c2ccc3c(c2C(C)(C)C1CC)N(c1ccc(C(=C=CC(=NC)c2ccc(C/C=C\C=C=CC)cc2)c2ccccc2)cc1)C1C=CC=CC31. The molecule has 1 aliphatic heterocycles. The molecule has 7 rings (SSSR count). The summed E-state index contributed by atoms with van der Waals surface area (Å²) in [5, 5.41) is 0. The molecule has 0 radical (unpaired) electrons. The number of hydrogen-bond acceptors (Lipinski definition) is 2. The van der Waals surface area contributed by atoms with Crippen molar-refractivity contribution in [3.8, 4) is 0 Å². The Morgan fingerprint density at radius 3 is 2.27 bits per heavy atom. The number of benzene rings is 4. The van der Waals surface area contributed by atoms with E-state index < -0.39 is 0 Å². The first-order valence-corrected chi connectivity index (χ1v) is 19.7. The van der Waals surface area contributed by atoms with Gasteiger partial charge in [0.15, 0.2) is 0 Å². The van der Waals surface area contributed by atoms with E-state index in [-0.39, 0.29) is 11.5 Å². The summed E-state index contributed by atoms with van der Waals surface area (Å²) in [6.45, 7) is 13.2. The van der Waals surface area contributed by atoms with Gasteiger partial charge in [-0.25, -0.2) is 0 Å². The molecule has 2 nitrogen and oxygen atoms in total. The molecule has 4 aromatic rings. The van der Waals surface area contributed by atoms with Crippen LogP contribution in [0.4, 0.5) is 11.4 Å². The third-order valence-corrected chi connectivity index (χ3v) is 11.7. The minimum absolute atomic E-state index is 0.0122. The van der Waals surface area contributed by atoms with Crippen LogP contribution in [0.5, 0.6) is 0 Å². The summed E-state index contributed by atoms with van der Waals surface area (Å²) in [5.74, 6) is 1.18. The Morgan fingerprint density at radius 1 is 0.855 bits per heavy atom. The first-order chi connectivity index (χ1) is 26.9.